The second-order valence-electron chi connectivity index (χ2n) is 6.94. The largest absolute Gasteiger partial charge is 0.331 e. The van der Waals surface area contributed by atoms with Crippen molar-refractivity contribution in [2.45, 2.75) is 26.9 Å². The lowest BCUT2D eigenvalue weighted by atomic mass is 10.2. The first-order valence-corrected chi connectivity index (χ1v) is 9.40. The first-order valence-electron chi connectivity index (χ1n) is 8.58. The lowest BCUT2D eigenvalue weighted by molar-refractivity contribution is 0.504. The quantitative estimate of drug-likeness (QED) is 0.556. The van der Waals surface area contributed by atoms with Gasteiger partial charge < -0.3 is 0 Å². The summed E-state index contributed by atoms with van der Waals surface area (Å²) in [4.78, 5) is 26.9. The highest BCUT2D eigenvalue weighted by atomic mass is 32.1. The third-order valence-electron chi connectivity index (χ3n) is 4.47. The Labute approximate surface area is 153 Å². The minimum absolute atomic E-state index is 0.238. The van der Waals surface area contributed by atoms with E-state index in [1.165, 1.54) is 15.9 Å². The highest BCUT2D eigenvalue weighted by Crippen LogP contribution is 2.25. The van der Waals surface area contributed by atoms with Crippen LogP contribution in [0.25, 0.3) is 21.1 Å². The second kappa shape index (κ2) is 6.25. The van der Waals surface area contributed by atoms with Crippen LogP contribution in [0.1, 0.15) is 18.7 Å². The van der Waals surface area contributed by atoms with E-state index in [9.17, 15) is 9.59 Å². The van der Waals surface area contributed by atoms with Crippen LogP contribution >= 0.6 is 11.3 Å². The minimum atomic E-state index is -0.255. The van der Waals surface area contributed by atoms with Crippen LogP contribution in [-0.4, -0.2) is 18.9 Å². The Bertz CT molecular complexity index is 1230. The van der Waals surface area contributed by atoms with Crippen LogP contribution in [0, 0.1) is 5.92 Å². The molecule has 0 aliphatic heterocycles. The van der Waals surface area contributed by atoms with E-state index in [2.05, 4.69) is 18.9 Å². The van der Waals surface area contributed by atoms with Crippen molar-refractivity contribution in [2.24, 2.45) is 13.0 Å². The van der Waals surface area contributed by atoms with E-state index in [-0.39, 0.29) is 11.2 Å². The SMILES string of the molecule is CC(C)Cn1c(=O)n(C)c(=O)c2cc(Cn3ncc4ccccc43)sc21. The number of benzene rings is 1. The molecule has 1 aromatic carbocycles. The summed E-state index contributed by atoms with van der Waals surface area (Å²) in [5.74, 6) is 0.314. The molecule has 0 saturated heterocycles. The molecule has 4 aromatic rings. The Hall–Kier alpha value is -2.67. The molecular weight excluding hydrogens is 348 g/mol. The summed E-state index contributed by atoms with van der Waals surface area (Å²) in [6.07, 6.45) is 1.84. The zero-order valence-electron chi connectivity index (χ0n) is 15.0. The van der Waals surface area contributed by atoms with Crippen LogP contribution in [0.2, 0.25) is 0 Å². The molecule has 4 rings (SSSR count). The van der Waals surface area contributed by atoms with Gasteiger partial charge in [-0.2, -0.15) is 5.10 Å². The molecule has 7 heteroatoms. The van der Waals surface area contributed by atoms with Gasteiger partial charge in [0, 0.05) is 23.9 Å². The fourth-order valence-electron chi connectivity index (χ4n) is 3.22. The number of hydrogen-bond acceptors (Lipinski definition) is 4. The molecule has 0 fully saturated rings. The van der Waals surface area contributed by atoms with E-state index in [1.807, 2.05) is 41.2 Å². The molecule has 6 nitrogen and oxygen atoms in total. The highest BCUT2D eigenvalue weighted by molar-refractivity contribution is 7.18. The molecule has 26 heavy (non-hydrogen) atoms. The average Bonchev–Trinajstić information content (AvgIpc) is 3.22. The maximum Gasteiger partial charge on any atom is 0.331 e. The Kier molecular flexibility index (Phi) is 4.03. The number of rotatable bonds is 4. The van der Waals surface area contributed by atoms with Crippen LogP contribution in [0.5, 0.6) is 0 Å². The van der Waals surface area contributed by atoms with Crippen molar-refractivity contribution in [1.82, 2.24) is 18.9 Å². The predicted molar refractivity (Wildman–Crippen MR) is 105 cm³/mol. The van der Waals surface area contributed by atoms with Crippen LogP contribution in [0.15, 0.2) is 46.1 Å². The molecule has 0 N–H and O–H groups in total. The number of fused-ring (bicyclic) bond motifs is 2. The van der Waals surface area contributed by atoms with E-state index < -0.39 is 0 Å². The molecule has 0 radical (unpaired) electrons. The number of aromatic nitrogens is 4. The molecule has 0 bridgehead atoms. The molecule has 0 unspecified atom stereocenters. The van der Waals surface area contributed by atoms with Crippen molar-refractivity contribution in [3.05, 3.63) is 62.2 Å². The summed E-state index contributed by atoms with van der Waals surface area (Å²) in [7, 11) is 1.54. The second-order valence-corrected chi connectivity index (χ2v) is 8.06. The number of thiophene rings is 1. The predicted octanol–water partition coefficient (Wildman–Crippen LogP) is 2.82. The van der Waals surface area contributed by atoms with Gasteiger partial charge in [-0.05, 0) is 18.1 Å². The van der Waals surface area contributed by atoms with E-state index in [4.69, 9.17) is 0 Å². The van der Waals surface area contributed by atoms with Crippen LogP contribution in [0.4, 0.5) is 0 Å². The Morgan fingerprint density at radius 3 is 2.73 bits per heavy atom. The first-order chi connectivity index (χ1) is 12.5. The molecule has 0 atom stereocenters. The van der Waals surface area contributed by atoms with Gasteiger partial charge in [-0.15, -0.1) is 11.3 Å². The molecule has 0 amide bonds. The van der Waals surface area contributed by atoms with Crippen molar-refractivity contribution in [3.8, 4) is 0 Å². The van der Waals surface area contributed by atoms with Crippen molar-refractivity contribution >= 4 is 32.5 Å². The maximum atomic E-state index is 12.6. The van der Waals surface area contributed by atoms with Gasteiger partial charge in [0.15, 0.2) is 0 Å². The van der Waals surface area contributed by atoms with E-state index in [0.717, 1.165) is 20.6 Å². The summed E-state index contributed by atoms with van der Waals surface area (Å²) < 4.78 is 4.84. The topological polar surface area (TPSA) is 61.8 Å². The molecule has 0 aliphatic carbocycles. The van der Waals surface area contributed by atoms with Gasteiger partial charge in [0.1, 0.15) is 4.83 Å². The third kappa shape index (κ3) is 2.68. The summed E-state index contributed by atoms with van der Waals surface area (Å²) in [5.41, 5.74) is 0.560. The zero-order valence-corrected chi connectivity index (χ0v) is 15.8. The van der Waals surface area contributed by atoms with Gasteiger partial charge in [0.25, 0.3) is 5.56 Å². The van der Waals surface area contributed by atoms with Crippen LogP contribution in [0.3, 0.4) is 0 Å². The first kappa shape index (κ1) is 16.8. The lowest BCUT2D eigenvalue weighted by Crippen LogP contribution is -2.38. The average molecular weight is 368 g/mol. The monoisotopic (exact) mass is 368 g/mol. The van der Waals surface area contributed by atoms with Gasteiger partial charge in [0.05, 0.1) is 23.6 Å². The molecule has 3 aromatic heterocycles. The molecule has 3 heterocycles. The van der Waals surface area contributed by atoms with Crippen LogP contribution in [-0.2, 0) is 20.1 Å². The Morgan fingerprint density at radius 2 is 1.96 bits per heavy atom. The molecule has 0 saturated carbocycles. The molecule has 134 valence electrons. The van der Waals surface area contributed by atoms with Gasteiger partial charge in [-0.3, -0.25) is 18.6 Å². The Morgan fingerprint density at radius 1 is 1.19 bits per heavy atom. The van der Waals surface area contributed by atoms with Gasteiger partial charge in [0.2, 0.25) is 0 Å². The summed E-state index contributed by atoms with van der Waals surface area (Å²) >= 11 is 1.50. The lowest BCUT2D eigenvalue weighted by Gasteiger charge is -2.11. The normalized spacial score (nSPS) is 11.8. The maximum absolute atomic E-state index is 12.6. The summed E-state index contributed by atoms with van der Waals surface area (Å²) in [6.45, 7) is 5.29. The smallest absolute Gasteiger partial charge is 0.284 e. The van der Waals surface area contributed by atoms with Gasteiger partial charge >= 0.3 is 5.69 Å². The van der Waals surface area contributed by atoms with E-state index in [0.29, 0.717) is 24.4 Å². The fourth-order valence-corrected chi connectivity index (χ4v) is 4.36. The highest BCUT2D eigenvalue weighted by Gasteiger charge is 2.16. The molecular formula is C19H20N4O2S. The van der Waals surface area contributed by atoms with Gasteiger partial charge in [-0.1, -0.05) is 32.0 Å². The summed E-state index contributed by atoms with van der Waals surface area (Å²) in [6, 6.07) is 9.93. The molecule has 0 aliphatic rings. The number of hydrogen-bond donors (Lipinski definition) is 0. The standard InChI is InChI=1S/C19H20N4O2S/c1-12(2)10-22-18-15(17(24)21(3)19(22)25)8-14(26-18)11-23-16-7-5-4-6-13(16)9-20-23/h4-9,12H,10-11H2,1-3H3. The van der Waals surface area contributed by atoms with Crippen molar-refractivity contribution in [2.75, 3.05) is 0 Å². The van der Waals surface area contributed by atoms with Gasteiger partial charge in [-0.25, -0.2) is 4.79 Å². The van der Waals surface area contributed by atoms with E-state index in [1.54, 1.807) is 11.6 Å². The zero-order chi connectivity index (χ0) is 18.4. The summed E-state index contributed by atoms with van der Waals surface area (Å²) in [5, 5.41) is 6.15. The Balaban J connectivity index is 1.86. The van der Waals surface area contributed by atoms with E-state index >= 15 is 0 Å². The van der Waals surface area contributed by atoms with Crippen molar-refractivity contribution in [3.63, 3.8) is 0 Å². The molecule has 0 spiro atoms. The fraction of sp³-hybridized carbons (Fsp3) is 0.316. The number of para-hydroxylation sites is 1. The van der Waals surface area contributed by atoms with Crippen molar-refractivity contribution in [1.29, 1.82) is 0 Å². The number of nitrogens with zero attached hydrogens (tertiary/aromatic N) is 4. The third-order valence-corrected chi connectivity index (χ3v) is 5.61. The minimum Gasteiger partial charge on any atom is -0.284 e. The van der Waals surface area contributed by atoms with Crippen molar-refractivity contribution < 1.29 is 0 Å². The van der Waals surface area contributed by atoms with Crippen LogP contribution < -0.4 is 11.2 Å².